The van der Waals surface area contributed by atoms with Crippen molar-refractivity contribution in [1.82, 2.24) is 5.32 Å². The molecule has 4 heteroatoms. The van der Waals surface area contributed by atoms with E-state index in [2.05, 4.69) is 33.0 Å². The maximum atomic E-state index is 11.6. The van der Waals surface area contributed by atoms with E-state index in [1.807, 2.05) is 6.92 Å². The van der Waals surface area contributed by atoms with Crippen LogP contribution in [0.4, 0.5) is 0 Å². The van der Waals surface area contributed by atoms with Crippen molar-refractivity contribution in [1.29, 1.82) is 0 Å². The van der Waals surface area contributed by atoms with Gasteiger partial charge in [0.15, 0.2) is 0 Å². The third-order valence-corrected chi connectivity index (χ3v) is 4.74. The normalized spacial score (nSPS) is 14.9. The third-order valence-electron chi connectivity index (χ3n) is 2.85. The predicted octanol–water partition coefficient (Wildman–Crippen LogP) is 2.62. The van der Waals surface area contributed by atoms with Gasteiger partial charge in [0.2, 0.25) is 0 Å². The number of nitrogens with one attached hydrogen (secondary N) is 1. The fourth-order valence-electron chi connectivity index (χ4n) is 1.66. The van der Waals surface area contributed by atoms with Gasteiger partial charge in [0, 0.05) is 11.3 Å². The Bertz CT molecular complexity index is 291. The molecule has 0 saturated carbocycles. The zero-order valence-corrected chi connectivity index (χ0v) is 12.9. The smallest absolute Gasteiger partial charge is 0.150 e. The molecule has 3 nitrogen and oxygen atoms in total. The molecule has 0 aliphatic heterocycles. The molecule has 1 unspecified atom stereocenters. The number of hydrogen-bond donors (Lipinski definition) is 1. The third kappa shape index (κ3) is 9.60. The summed E-state index contributed by atoms with van der Waals surface area (Å²) in [5, 5.41) is 3.45. The Morgan fingerprint density at radius 3 is 2.12 bits per heavy atom. The molecule has 0 aliphatic carbocycles. The Balaban J connectivity index is 4.07. The van der Waals surface area contributed by atoms with Crippen LogP contribution in [0.2, 0.25) is 0 Å². The summed E-state index contributed by atoms with van der Waals surface area (Å²) in [7, 11) is -2.82. The molecule has 0 aromatic carbocycles. The van der Waals surface area contributed by atoms with E-state index >= 15 is 0 Å². The molecule has 0 fully saturated rings. The maximum absolute atomic E-state index is 11.6. The van der Waals surface area contributed by atoms with Crippen molar-refractivity contribution >= 4 is 9.84 Å². The number of rotatable bonds is 8. The molecule has 0 aliphatic rings. The topological polar surface area (TPSA) is 46.2 Å². The molecule has 0 saturated heterocycles. The van der Waals surface area contributed by atoms with Gasteiger partial charge in [-0.1, -0.05) is 20.3 Å². The van der Waals surface area contributed by atoms with Gasteiger partial charge < -0.3 is 5.32 Å². The average molecular weight is 263 g/mol. The van der Waals surface area contributed by atoms with Gasteiger partial charge in [-0.15, -0.1) is 0 Å². The van der Waals surface area contributed by atoms with Crippen molar-refractivity contribution in [2.45, 2.75) is 59.4 Å². The summed E-state index contributed by atoms with van der Waals surface area (Å²) in [6.45, 7) is 11.3. The van der Waals surface area contributed by atoms with Crippen LogP contribution in [0.25, 0.3) is 0 Å². The molecule has 1 N–H and O–H groups in total. The SMILES string of the molecule is CCCS(=O)(=O)CCC(CC)CNC(C)(C)C. The van der Waals surface area contributed by atoms with Crippen molar-refractivity contribution in [2.75, 3.05) is 18.1 Å². The van der Waals surface area contributed by atoms with Gasteiger partial charge in [-0.3, -0.25) is 0 Å². The first-order valence-electron chi connectivity index (χ1n) is 6.65. The molecule has 0 rings (SSSR count). The summed E-state index contributed by atoms with van der Waals surface area (Å²) < 4.78 is 23.3. The van der Waals surface area contributed by atoms with E-state index in [9.17, 15) is 8.42 Å². The molecular weight excluding hydrogens is 234 g/mol. The second-order valence-corrected chi connectivity index (χ2v) is 8.15. The highest BCUT2D eigenvalue weighted by molar-refractivity contribution is 7.91. The lowest BCUT2D eigenvalue weighted by Crippen LogP contribution is -2.39. The molecule has 0 heterocycles. The first kappa shape index (κ1) is 16.9. The Morgan fingerprint density at radius 2 is 1.71 bits per heavy atom. The minimum atomic E-state index is -2.82. The summed E-state index contributed by atoms with van der Waals surface area (Å²) in [6, 6.07) is 0. The lowest BCUT2D eigenvalue weighted by Gasteiger charge is -2.24. The second-order valence-electron chi connectivity index (χ2n) is 5.85. The number of sulfone groups is 1. The Labute approximate surface area is 107 Å². The Morgan fingerprint density at radius 1 is 1.12 bits per heavy atom. The minimum absolute atomic E-state index is 0.107. The van der Waals surface area contributed by atoms with Crippen molar-refractivity contribution in [2.24, 2.45) is 5.92 Å². The van der Waals surface area contributed by atoms with Crippen molar-refractivity contribution in [3.05, 3.63) is 0 Å². The lowest BCUT2D eigenvalue weighted by molar-refractivity contribution is 0.359. The van der Waals surface area contributed by atoms with Crippen molar-refractivity contribution < 1.29 is 8.42 Å². The highest BCUT2D eigenvalue weighted by Gasteiger charge is 2.16. The van der Waals surface area contributed by atoms with Crippen LogP contribution in [0.5, 0.6) is 0 Å². The van der Waals surface area contributed by atoms with E-state index in [4.69, 9.17) is 0 Å². The van der Waals surface area contributed by atoms with E-state index in [1.54, 1.807) is 0 Å². The molecule has 0 radical (unpaired) electrons. The van der Waals surface area contributed by atoms with Gasteiger partial charge in [0.05, 0.1) is 5.75 Å². The van der Waals surface area contributed by atoms with Gasteiger partial charge in [0.1, 0.15) is 9.84 Å². The fraction of sp³-hybridized carbons (Fsp3) is 1.00. The van der Waals surface area contributed by atoms with E-state index < -0.39 is 9.84 Å². The van der Waals surface area contributed by atoms with Gasteiger partial charge in [-0.05, 0) is 46.1 Å². The van der Waals surface area contributed by atoms with E-state index in [-0.39, 0.29) is 5.54 Å². The zero-order valence-electron chi connectivity index (χ0n) is 12.0. The Hall–Kier alpha value is -0.0900. The van der Waals surface area contributed by atoms with Crippen LogP contribution >= 0.6 is 0 Å². The molecule has 104 valence electrons. The first-order valence-corrected chi connectivity index (χ1v) is 8.47. The van der Waals surface area contributed by atoms with Crippen molar-refractivity contribution in [3.8, 4) is 0 Å². The Kier molecular flexibility index (Phi) is 7.33. The zero-order chi connectivity index (χ0) is 13.5. The second kappa shape index (κ2) is 7.37. The molecule has 0 aromatic rings. The van der Waals surface area contributed by atoms with Gasteiger partial charge in [-0.25, -0.2) is 8.42 Å². The first-order chi connectivity index (χ1) is 7.70. The summed E-state index contributed by atoms with van der Waals surface area (Å²) in [6.07, 6.45) is 2.53. The monoisotopic (exact) mass is 263 g/mol. The van der Waals surface area contributed by atoms with Gasteiger partial charge in [0.25, 0.3) is 0 Å². The van der Waals surface area contributed by atoms with Crippen LogP contribution < -0.4 is 5.32 Å². The molecule has 0 amide bonds. The quantitative estimate of drug-likeness (QED) is 0.732. The molecular formula is C13H29NO2S. The van der Waals surface area contributed by atoms with E-state index in [0.717, 1.165) is 25.8 Å². The predicted molar refractivity (Wildman–Crippen MR) is 75.1 cm³/mol. The van der Waals surface area contributed by atoms with Crippen LogP contribution in [0, 0.1) is 5.92 Å². The van der Waals surface area contributed by atoms with E-state index in [0.29, 0.717) is 17.4 Å². The van der Waals surface area contributed by atoms with Crippen molar-refractivity contribution in [3.63, 3.8) is 0 Å². The molecule has 17 heavy (non-hydrogen) atoms. The molecule has 1 atom stereocenters. The average Bonchev–Trinajstić information content (AvgIpc) is 2.16. The number of hydrogen-bond acceptors (Lipinski definition) is 3. The van der Waals surface area contributed by atoms with E-state index in [1.165, 1.54) is 0 Å². The van der Waals surface area contributed by atoms with Crippen LogP contribution in [0.3, 0.4) is 0 Å². The van der Waals surface area contributed by atoms with Crippen LogP contribution in [-0.2, 0) is 9.84 Å². The summed E-state index contributed by atoms with van der Waals surface area (Å²) in [5.74, 6) is 1.13. The largest absolute Gasteiger partial charge is 0.312 e. The summed E-state index contributed by atoms with van der Waals surface area (Å²) >= 11 is 0. The standard InChI is InChI=1S/C13H29NO2S/c1-6-9-17(15,16)10-8-12(7-2)11-14-13(3,4)5/h12,14H,6-11H2,1-5H3. The fourth-order valence-corrected chi connectivity index (χ4v) is 3.18. The highest BCUT2D eigenvalue weighted by atomic mass is 32.2. The minimum Gasteiger partial charge on any atom is -0.312 e. The van der Waals surface area contributed by atoms with Crippen LogP contribution in [-0.4, -0.2) is 32.0 Å². The van der Waals surface area contributed by atoms with Crippen LogP contribution in [0.15, 0.2) is 0 Å². The molecule has 0 spiro atoms. The summed E-state index contributed by atoms with van der Waals surface area (Å²) in [4.78, 5) is 0. The lowest BCUT2D eigenvalue weighted by atomic mass is 10.0. The van der Waals surface area contributed by atoms with Gasteiger partial charge in [-0.2, -0.15) is 0 Å². The molecule has 0 aromatic heterocycles. The summed E-state index contributed by atoms with van der Waals surface area (Å²) in [5.41, 5.74) is 0.107. The maximum Gasteiger partial charge on any atom is 0.150 e. The van der Waals surface area contributed by atoms with Crippen LogP contribution in [0.1, 0.15) is 53.9 Å². The van der Waals surface area contributed by atoms with Gasteiger partial charge >= 0.3 is 0 Å². The molecule has 0 bridgehead atoms. The highest BCUT2D eigenvalue weighted by Crippen LogP contribution is 2.11.